The zero-order chi connectivity index (χ0) is 15.3. The Morgan fingerprint density at radius 2 is 1.95 bits per heavy atom. The highest BCUT2D eigenvalue weighted by Gasteiger charge is 2.22. The maximum atomic E-state index is 12.3. The monoisotopic (exact) mass is 301 g/mol. The Bertz CT molecular complexity index is 540. The van der Waals surface area contributed by atoms with Gasteiger partial charge in [-0.2, -0.15) is 0 Å². The van der Waals surface area contributed by atoms with E-state index in [0.29, 0.717) is 11.5 Å². The minimum atomic E-state index is -3.63. The molecule has 0 radical (unpaired) electrons. The first-order chi connectivity index (χ1) is 9.30. The average Bonchev–Trinajstić information content (AvgIpc) is 2.36. The molecule has 1 unspecified atom stereocenters. The van der Waals surface area contributed by atoms with Crippen molar-refractivity contribution in [3.8, 4) is 5.75 Å². The smallest absolute Gasteiger partial charge is 0.244 e. The summed E-state index contributed by atoms with van der Waals surface area (Å²) in [6, 6.07) is 4.41. The Morgan fingerprint density at radius 3 is 2.45 bits per heavy atom. The third-order valence-electron chi connectivity index (χ3n) is 2.88. The molecule has 0 heterocycles. The number of sulfonamides is 1. The lowest BCUT2D eigenvalue weighted by Crippen LogP contribution is -2.33. The third-order valence-corrected chi connectivity index (χ3v) is 4.51. The molecule has 0 amide bonds. The number of benzene rings is 1. The highest BCUT2D eigenvalue weighted by molar-refractivity contribution is 7.89. The molecule has 6 heteroatoms. The Kier molecular flexibility index (Phi) is 5.98. The van der Waals surface area contributed by atoms with Gasteiger partial charge in [-0.25, -0.2) is 13.1 Å². The molecule has 1 atom stereocenters. The van der Waals surface area contributed by atoms with Gasteiger partial charge in [-0.05, 0) is 37.0 Å². The van der Waals surface area contributed by atoms with Crippen molar-refractivity contribution in [3.63, 3.8) is 0 Å². The molecule has 0 aliphatic carbocycles. The molecule has 0 bridgehead atoms. The van der Waals surface area contributed by atoms with Crippen LogP contribution in [0.1, 0.15) is 32.8 Å². The first-order valence-corrected chi connectivity index (χ1v) is 8.08. The van der Waals surface area contributed by atoms with E-state index in [1.54, 1.807) is 6.07 Å². The van der Waals surface area contributed by atoms with Crippen LogP contribution in [0.2, 0.25) is 0 Å². The van der Waals surface area contributed by atoms with E-state index in [1.807, 2.05) is 20.8 Å². The van der Waals surface area contributed by atoms with E-state index in [0.717, 1.165) is 6.42 Å². The van der Waals surface area contributed by atoms with Gasteiger partial charge >= 0.3 is 0 Å². The van der Waals surface area contributed by atoms with Gasteiger partial charge in [-0.15, -0.1) is 0 Å². The van der Waals surface area contributed by atoms with E-state index in [9.17, 15) is 8.42 Å². The molecule has 1 aromatic rings. The van der Waals surface area contributed by atoms with Crippen LogP contribution >= 0.6 is 0 Å². The maximum Gasteiger partial charge on any atom is 0.244 e. The van der Waals surface area contributed by atoms with Gasteiger partial charge in [0.05, 0.1) is 13.7 Å². The lowest BCUT2D eigenvalue weighted by Gasteiger charge is -2.17. The van der Waals surface area contributed by atoms with Crippen molar-refractivity contribution >= 4 is 10.0 Å². The first-order valence-electron chi connectivity index (χ1n) is 6.60. The Hall–Kier alpha value is -1.11. The van der Waals surface area contributed by atoms with E-state index in [-0.39, 0.29) is 23.3 Å². The van der Waals surface area contributed by atoms with Crippen molar-refractivity contribution in [1.82, 2.24) is 4.72 Å². The lowest BCUT2D eigenvalue weighted by atomic mass is 10.1. The van der Waals surface area contributed by atoms with Gasteiger partial charge in [0.15, 0.2) is 0 Å². The highest BCUT2D eigenvalue weighted by Crippen LogP contribution is 2.25. The molecule has 20 heavy (non-hydrogen) atoms. The van der Waals surface area contributed by atoms with Crippen LogP contribution in [0, 0.1) is 5.92 Å². The number of aliphatic hydroxyl groups is 1. The van der Waals surface area contributed by atoms with Crippen molar-refractivity contribution in [3.05, 3.63) is 23.8 Å². The van der Waals surface area contributed by atoms with Gasteiger partial charge in [0, 0.05) is 6.04 Å². The SMILES string of the molecule is COc1cc(CO)ccc1S(=O)(=O)NC(C)CC(C)C. The van der Waals surface area contributed by atoms with Crippen LogP contribution in [0.15, 0.2) is 23.1 Å². The van der Waals surface area contributed by atoms with E-state index in [2.05, 4.69) is 4.72 Å². The molecule has 0 fully saturated rings. The van der Waals surface area contributed by atoms with Crippen LogP contribution < -0.4 is 9.46 Å². The Balaban J connectivity index is 3.03. The molecule has 0 aromatic heterocycles. The summed E-state index contributed by atoms with van der Waals surface area (Å²) >= 11 is 0. The summed E-state index contributed by atoms with van der Waals surface area (Å²) in [6.45, 7) is 5.77. The fourth-order valence-corrected chi connectivity index (χ4v) is 3.52. The number of ether oxygens (including phenoxy) is 1. The molecule has 2 N–H and O–H groups in total. The van der Waals surface area contributed by atoms with Crippen molar-refractivity contribution < 1.29 is 18.3 Å². The summed E-state index contributed by atoms with van der Waals surface area (Å²) in [6.07, 6.45) is 0.760. The molecule has 0 aliphatic heterocycles. The fraction of sp³-hybridized carbons (Fsp3) is 0.571. The number of nitrogens with one attached hydrogen (secondary N) is 1. The van der Waals surface area contributed by atoms with Crippen molar-refractivity contribution in [2.24, 2.45) is 5.92 Å². The fourth-order valence-electron chi connectivity index (χ4n) is 2.12. The second-order valence-corrected chi connectivity index (χ2v) is 6.98. The summed E-state index contributed by atoms with van der Waals surface area (Å²) in [7, 11) is -2.22. The van der Waals surface area contributed by atoms with Gasteiger partial charge in [-0.1, -0.05) is 19.9 Å². The van der Waals surface area contributed by atoms with Crippen molar-refractivity contribution in [2.75, 3.05) is 7.11 Å². The number of hydrogen-bond acceptors (Lipinski definition) is 4. The number of hydrogen-bond donors (Lipinski definition) is 2. The van der Waals surface area contributed by atoms with Crippen LogP contribution in [0.5, 0.6) is 5.75 Å². The van der Waals surface area contributed by atoms with E-state index >= 15 is 0 Å². The Labute approximate surface area is 121 Å². The normalized spacial score (nSPS) is 13.5. The molecular formula is C14H23NO4S. The largest absolute Gasteiger partial charge is 0.495 e. The zero-order valence-corrected chi connectivity index (χ0v) is 13.2. The van der Waals surface area contributed by atoms with E-state index < -0.39 is 10.0 Å². The number of methoxy groups -OCH3 is 1. The van der Waals surface area contributed by atoms with Crippen LogP contribution in [-0.4, -0.2) is 26.7 Å². The summed E-state index contributed by atoms with van der Waals surface area (Å²) in [5, 5.41) is 9.08. The minimum Gasteiger partial charge on any atom is -0.495 e. The summed E-state index contributed by atoms with van der Waals surface area (Å²) in [4.78, 5) is 0.0906. The number of rotatable bonds is 7. The van der Waals surface area contributed by atoms with Crippen LogP contribution in [0.25, 0.3) is 0 Å². The molecule has 5 nitrogen and oxygen atoms in total. The maximum absolute atomic E-state index is 12.3. The van der Waals surface area contributed by atoms with Crippen molar-refractivity contribution in [1.29, 1.82) is 0 Å². The molecule has 114 valence electrons. The third kappa shape index (κ3) is 4.47. The van der Waals surface area contributed by atoms with Crippen LogP contribution in [-0.2, 0) is 16.6 Å². The summed E-state index contributed by atoms with van der Waals surface area (Å²) < 4.78 is 32.5. The highest BCUT2D eigenvalue weighted by atomic mass is 32.2. The molecule has 0 saturated heterocycles. The van der Waals surface area contributed by atoms with Gasteiger partial charge in [0.2, 0.25) is 10.0 Å². The first kappa shape index (κ1) is 16.9. The molecular weight excluding hydrogens is 278 g/mol. The van der Waals surface area contributed by atoms with E-state index in [1.165, 1.54) is 19.2 Å². The molecule has 0 spiro atoms. The second kappa shape index (κ2) is 7.06. The van der Waals surface area contributed by atoms with Gasteiger partial charge in [-0.3, -0.25) is 0 Å². The summed E-state index contributed by atoms with van der Waals surface area (Å²) in [5.74, 6) is 0.646. The molecule has 0 aliphatic rings. The molecule has 1 rings (SSSR count). The van der Waals surface area contributed by atoms with Crippen LogP contribution in [0.3, 0.4) is 0 Å². The predicted molar refractivity (Wildman–Crippen MR) is 78.2 cm³/mol. The van der Waals surface area contributed by atoms with Crippen molar-refractivity contribution in [2.45, 2.75) is 44.7 Å². The number of aliphatic hydroxyl groups excluding tert-OH is 1. The standard InChI is InChI=1S/C14H23NO4S/c1-10(2)7-11(3)15-20(17,18)14-6-5-12(9-16)8-13(14)19-4/h5-6,8,10-11,15-16H,7,9H2,1-4H3. The quantitative estimate of drug-likeness (QED) is 0.806. The summed E-state index contributed by atoms with van der Waals surface area (Å²) in [5.41, 5.74) is 0.607. The lowest BCUT2D eigenvalue weighted by molar-refractivity contribution is 0.280. The van der Waals surface area contributed by atoms with Gasteiger partial charge < -0.3 is 9.84 Å². The minimum absolute atomic E-state index is 0.0906. The van der Waals surface area contributed by atoms with Crippen LogP contribution in [0.4, 0.5) is 0 Å². The average molecular weight is 301 g/mol. The second-order valence-electron chi connectivity index (χ2n) is 5.30. The zero-order valence-electron chi connectivity index (χ0n) is 12.4. The Morgan fingerprint density at radius 1 is 1.30 bits per heavy atom. The topological polar surface area (TPSA) is 75.6 Å². The molecule has 1 aromatic carbocycles. The molecule has 0 saturated carbocycles. The van der Waals surface area contributed by atoms with Gasteiger partial charge in [0.25, 0.3) is 0 Å². The van der Waals surface area contributed by atoms with Gasteiger partial charge in [0.1, 0.15) is 10.6 Å². The predicted octanol–water partition coefficient (Wildman–Crippen LogP) is 1.90. The van der Waals surface area contributed by atoms with E-state index in [4.69, 9.17) is 9.84 Å².